The molecular weight excluding hydrogens is 460 g/mol. The zero-order chi connectivity index (χ0) is 24.1. The number of hydrogen-bond acceptors (Lipinski definition) is 5. The van der Waals surface area contributed by atoms with Gasteiger partial charge in [0.15, 0.2) is 0 Å². The molecule has 4 aromatic rings. The fourth-order valence-electron chi connectivity index (χ4n) is 3.73. The number of hydrogen-bond donors (Lipinski definition) is 1. The van der Waals surface area contributed by atoms with Crippen LogP contribution in [0.5, 0.6) is 5.75 Å². The third-order valence-electron chi connectivity index (χ3n) is 5.77. The summed E-state index contributed by atoms with van der Waals surface area (Å²) in [5.41, 5.74) is 7.36. The van der Waals surface area contributed by atoms with Crippen molar-refractivity contribution in [1.29, 1.82) is 0 Å². The van der Waals surface area contributed by atoms with E-state index in [-0.39, 0.29) is 11.9 Å². The van der Waals surface area contributed by atoms with Gasteiger partial charge in [0, 0.05) is 12.1 Å². The zero-order valence-electron chi connectivity index (χ0n) is 20.0. The minimum atomic E-state index is -0.152. The van der Waals surface area contributed by atoms with Gasteiger partial charge in [-0.05, 0) is 125 Å². The molecule has 2 aromatic heterocycles. The van der Waals surface area contributed by atoms with Crippen molar-refractivity contribution in [3.8, 4) is 28.0 Å². The normalized spacial score (nSPS) is 12.0. The van der Waals surface area contributed by atoms with Gasteiger partial charge in [-0.25, -0.2) is 0 Å². The van der Waals surface area contributed by atoms with Crippen molar-refractivity contribution < 1.29 is 9.53 Å². The van der Waals surface area contributed by atoms with E-state index in [0.29, 0.717) is 17.9 Å². The highest BCUT2D eigenvalue weighted by Gasteiger charge is 2.17. The quantitative estimate of drug-likeness (QED) is 0.278. The van der Waals surface area contributed by atoms with Crippen LogP contribution < -0.4 is 10.1 Å². The van der Waals surface area contributed by atoms with Gasteiger partial charge in [0.25, 0.3) is 5.91 Å². The van der Waals surface area contributed by atoms with E-state index in [2.05, 4.69) is 62.1 Å². The molecule has 1 N–H and O–H groups in total. The maximum atomic E-state index is 13.2. The van der Waals surface area contributed by atoms with Crippen LogP contribution in [0.15, 0.2) is 70.1 Å². The van der Waals surface area contributed by atoms with Crippen LogP contribution in [0.4, 0.5) is 0 Å². The summed E-state index contributed by atoms with van der Waals surface area (Å²) in [6.45, 7) is 5.39. The Morgan fingerprint density at radius 1 is 0.941 bits per heavy atom. The Hall–Kier alpha value is -2.93. The topological polar surface area (TPSA) is 41.6 Å². The van der Waals surface area contributed by atoms with Crippen molar-refractivity contribution in [3.05, 3.63) is 86.7 Å². The monoisotopic (exact) mass is 490 g/mol. The molecule has 4 nitrogen and oxygen atoms in total. The summed E-state index contributed by atoms with van der Waals surface area (Å²) in [6.07, 6.45) is 0. The molecule has 0 aliphatic carbocycles. The second-order valence-corrected chi connectivity index (χ2v) is 10.3. The van der Waals surface area contributed by atoms with Crippen LogP contribution in [0.25, 0.3) is 22.3 Å². The van der Waals surface area contributed by atoms with Gasteiger partial charge in [-0.3, -0.25) is 4.79 Å². The third kappa shape index (κ3) is 5.95. The van der Waals surface area contributed by atoms with Crippen LogP contribution in [0.1, 0.15) is 34.5 Å². The lowest BCUT2D eigenvalue weighted by Crippen LogP contribution is -2.27. The average molecular weight is 491 g/mol. The molecule has 4 rings (SSSR count). The summed E-state index contributed by atoms with van der Waals surface area (Å²) in [7, 11) is 4.02. The first-order valence-corrected chi connectivity index (χ1v) is 13.2. The molecular formula is C28H30N2O2S2. The van der Waals surface area contributed by atoms with Gasteiger partial charge < -0.3 is 15.0 Å². The highest BCUT2D eigenvalue weighted by Crippen LogP contribution is 2.32. The van der Waals surface area contributed by atoms with Crippen molar-refractivity contribution in [2.45, 2.75) is 19.9 Å². The van der Waals surface area contributed by atoms with E-state index in [4.69, 9.17) is 4.74 Å². The van der Waals surface area contributed by atoms with Crippen LogP contribution in [-0.2, 0) is 0 Å². The van der Waals surface area contributed by atoms with Gasteiger partial charge in [-0.1, -0.05) is 6.07 Å². The predicted octanol–water partition coefficient (Wildman–Crippen LogP) is 6.88. The van der Waals surface area contributed by atoms with Gasteiger partial charge in [0.1, 0.15) is 12.4 Å². The highest BCUT2D eigenvalue weighted by molar-refractivity contribution is 7.08. The average Bonchev–Trinajstić information content (AvgIpc) is 3.54. The summed E-state index contributed by atoms with van der Waals surface area (Å²) >= 11 is 3.38. The minimum Gasteiger partial charge on any atom is -0.492 e. The molecule has 1 amide bonds. The van der Waals surface area contributed by atoms with Crippen molar-refractivity contribution >= 4 is 28.6 Å². The fourth-order valence-corrected chi connectivity index (χ4v) is 5.06. The van der Waals surface area contributed by atoms with E-state index < -0.39 is 0 Å². The fraction of sp³-hybridized carbons (Fsp3) is 0.250. The molecule has 0 bridgehead atoms. The summed E-state index contributed by atoms with van der Waals surface area (Å²) in [6, 6.07) is 16.4. The van der Waals surface area contributed by atoms with Gasteiger partial charge in [-0.15, -0.1) is 0 Å². The number of carbonyl (C=O) groups excluding carboxylic acids is 1. The molecule has 2 aromatic carbocycles. The lowest BCUT2D eigenvalue weighted by atomic mass is 9.95. The van der Waals surface area contributed by atoms with E-state index in [0.717, 1.165) is 28.8 Å². The SMILES string of the molecule is Cc1ccc(OCCN(C)C)cc1C(=O)N[C@H](C)c1cc(-c2ccsc2)cc(-c2ccsc2)c1. The van der Waals surface area contributed by atoms with Crippen molar-refractivity contribution in [3.63, 3.8) is 0 Å². The summed E-state index contributed by atoms with van der Waals surface area (Å²) in [5, 5.41) is 11.7. The molecule has 0 saturated heterocycles. The first kappa shape index (κ1) is 24.2. The summed E-state index contributed by atoms with van der Waals surface area (Å²) < 4.78 is 5.85. The Kier molecular flexibility index (Phi) is 7.83. The Balaban J connectivity index is 1.56. The van der Waals surface area contributed by atoms with E-state index >= 15 is 0 Å². The second-order valence-electron chi connectivity index (χ2n) is 8.69. The van der Waals surface area contributed by atoms with Gasteiger partial charge in [0.2, 0.25) is 0 Å². The van der Waals surface area contributed by atoms with Crippen LogP contribution in [0, 0.1) is 6.92 Å². The smallest absolute Gasteiger partial charge is 0.252 e. The number of thiophene rings is 2. The first-order chi connectivity index (χ1) is 16.4. The van der Waals surface area contributed by atoms with Crippen molar-refractivity contribution in [1.82, 2.24) is 10.2 Å². The largest absolute Gasteiger partial charge is 0.492 e. The number of ether oxygens (including phenoxy) is 1. The molecule has 0 spiro atoms. The number of benzene rings is 2. The van der Waals surface area contributed by atoms with Crippen LogP contribution in [0.2, 0.25) is 0 Å². The van der Waals surface area contributed by atoms with E-state index in [1.54, 1.807) is 22.7 Å². The summed E-state index contributed by atoms with van der Waals surface area (Å²) in [4.78, 5) is 15.3. The lowest BCUT2D eigenvalue weighted by molar-refractivity contribution is 0.0938. The number of likely N-dealkylation sites (N-methyl/N-ethyl adjacent to an activating group) is 1. The number of nitrogens with zero attached hydrogens (tertiary/aromatic N) is 1. The third-order valence-corrected chi connectivity index (χ3v) is 7.14. The van der Waals surface area contributed by atoms with Gasteiger partial charge in [-0.2, -0.15) is 22.7 Å². The van der Waals surface area contributed by atoms with Gasteiger partial charge >= 0.3 is 0 Å². The standard InChI is InChI=1S/C28H30N2O2S2/c1-19-5-6-26(32-10-9-30(3)4)16-27(19)28(31)29-20(2)23-13-24(21-7-11-33-17-21)15-25(14-23)22-8-12-34-18-22/h5-8,11-18,20H,9-10H2,1-4H3,(H,29,31)/t20-/m1/s1. The molecule has 6 heteroatoms. The maximum absolute atomic E-state index is 13.2. The molecule has 0 unspecified atom stereocenters. The minimum absolute atomic E-state index is 0.0962. The Labute approximate surface area is 209 Å². The Morgan fingerprint density at radius 2 is 1.59 bits per heavy atom. The van der Waals surface area contributed by atoms with E-state index in [1.165, 1.54) is 11.1 Å². The Morgan fingerprint density at radius 3 is 2.15 bits per heavy atom. The number of rotatable bonds is 9. The number of carbonyl (C=O) groups is 1. The molecule has 0 aliphatic rings. The molecule has 1 atom stereocenters. The molecule has 176 valence electrons. The number of aryl methyl sites for hydroxylation is 1. The Bertz CT molecular complexity index is 1180. The summed E-state index contributed by atoms with van der Waals surface area (Å²) in [5.74, 6) is 0.616. The van der Waals surface area contributed by atoms with Gasteiger partial charge in [0.05, 0.1) is 6.04 Å². The maximum Gasteiger partial charge on any atom is 0.252 e. The van der Waals surface area contributed by atoms with E-state index in [9.17, 15) is 4.79 Å². The number of nitrogens with one attached hydrogen (secondary N) is 1. The van der Waals surface area contributed by atoms with E-state index in [1.807, 2.05) is 46.1 Å². The number of amides is 1. The van der Waals surface area contributed by atoms with Crippen molar-refractivity contribution in [2.75, 3.05) is 27.2 Å². The zero-order valence-corrected chi connectivity index (χ0v) is 21.6. The molecule has 0 fully saturated rings. The van der Waals surface area contributed by atoms with Crippen LogP contribution in [0.3, 0.4) is 0 Å². The predicted molar refractivity (Wildman–Crippen MR) is 144 cm³/mol. The highest BCUT2D eigenvalue weighted by atomic mass is 32.1. The molecule has 0 aliphatic heterocycles. The molecule has 34 heavy (non-hydrogen) atoms. The first-order valence-electron chi connectivity index (χ1n) is 11.3. The molecule has 2 heterocycles. The molecule has 0 radical (unpaired) electrons. The van der Waals surface area contributed by atoms with Crippen LogP contribution in [-0.4, -0.2) is 38.1 Å². The van der Waals surface area contributed by atoms with Crippen LogP contribution >= 0.6 is 22.7 Å². The lowest BCUT2D eigenvalue weighted by Gasteiger charge is -2.18. The molecule has 0 saturated carbocycles. The second kappa shape index (κ2) is 11.0. The van der Waals surface area contributed by atoms with Crippen molar-refractivity contribution in [2.24, 2.45) is 0 Å².